The van der Waals surface area contributed by atoms with Crippen molar-refractivity contribution in [3.05, 3.63) is 92.0 Å². The van der Waals surface area contributed by atoms with Gasteiger partial charge in [-0.25, -0.2) is 4.98 Å². The minimum Gasteiger partial charge on any atom is -0.383 e. The molecule has 5 aromatic rings. The lowest BCUT2D eigenvalue weighted by Crippen LogP contribution is -2.27. The van der Waals surface area contributed by atoms with Gasteiger partial charge in [-0.05, 0) is 30.2 Å². The standard InChI is InChI=1S/C24H19ClN6O2S/c1-13-19-22(34-20(13)21(27)32)28-24(30(23(19)33)12-14-5-3-2-4-6-14)31-18(26)11-17(29-31)15-7-9-16(25)10-8-15/h2-11H,12,26H2,1H3,(H2,27,32). The molecule has 10 heteroatoms. The van der Waals surface area contributed by atoms with E-state index in [1.807, 2.05) is 42.5 Å². The summed E-state index contributed by atoms with van der Waals surface area (Å²) in [5.74, 6) is -0.0440. The molecule has 0 aliphatic heterocycles. The van der Waals surface area contributed by atoms with Gasteiger partial charge in [-0.3, -0.25) is 14.2 Å². The molecule has 0 spiro atoms. The average Bonchev–Trinajstić information content (AvgIpc) is 3.37. The fraction of sp³-hybridized carbons (Fsp3) is 0.0833. The van der Waals surface area contributed by atoms with Crippen LogP contribution in [0.4, 0.5) is 5.82 Å². The molecular formula is C24H19ClN6O2S. The molecule has 0 aliphatic rings. The maximum atomic E-state index is 13.7. The first-order valence-electron chi connectivity index (χ1n) is 10.3. The second-order valence-electron chi connectivity index (χ2n) is 7.76. The van der Waals surface area contributed by atoms with Crippen molar-refractivity contribution >= 4 is 44.9 Å². The fourth-order valence-electron chi connectivity index (χ4n) is 3.83. The van der Waals surface area contributed by atoms with Gasteiger partial charge in [-0.2, -0.15) is 9.78 Å². The van der Waals surface area contributed by atoms with Gasteiger partial charge in [0.1, 0.15) is 10.6 Å². The molecular weight excluding hydrogens is 472 g/mol. The molecule has 0 bridgehead atoms. The van der Waals surface area contributed by atoms with Crippen LogP contribution in [-0.4, -0.2) is 25.2 Å². The molecule has 0 saturated carbocycles. The quantitative estimate of drug-likeness (QED) is 0.385. The van der Waals surface area contributed by atoms with Crippen LogP contribution >= 0.6 is 22.9 Å². The summed E-state index contributed by atoms with van der Waals surface area (Å²) in [7, 11) is 0. The van der Waals surface area contributed by atoms with Crippen molar-refractivity contribution in [2.24, 2.45) is 5.73 Å². The van der Waals surface area contributed by atoms with Crippen LogP contribution in [0.3, 0.4) is 0 Å². The summed E-state index contributed by atoms with van der Waals surface area (Å²) in [4.78, 5) is 31.0. The van der Waals surface area contributed by atoms with E-state index < -0.39 is 5.91 Å². The first-order chi connectivity index (χ1) is 16.3. The number of nitrogens with two attached hydrogens (primary N) is 2. The van der Waals surface area contributed by atoms with Crippen LogP contribution in [0.15, 0.2) is 65.5 Å². The molecule has 0 unspecified atom stereocenters. The number of hydrogen-bond donors (Lipinski definition) is 2. The van der Waals surface area contributed by atoms with Crippen molar-refractivity contribution in [3.63, 3.8) is 0 Å². The number of hydrogen-bond acceptors (Lipinski definition) is 6. The molecule has 0 aliphatic carbocycles. The van der Waals surface area contributed by atoms with Gasteiger partial charge in [0.25, 0.3) is 11.5 Å². The Labute approximate surface area is 203 Å². The smallest absolute Gasteiger partial charge is 0.264 e. The predicted octanol–water partition coefficient (Wildman–Crippen LogP) is 4.00. The van der Waals surface area contributed by atoms with Crippen LogP contribution in [0.2, 0.25) is 5.02 Å². The topological polar surface area (TPSA) is 122 Å². The van der Waals surface area contributed by atoms with Crippen molar-refractivity contribution in [1.29, 1.82) is 0 Å². The van der Waals surface area contributed by atoms with Crippen molar-refractivity contribution in [1.82, 2.24) is 19.3 Å². The van der Waals surface area contributed by atoms with Crippen LogP contribution in [0.1, 0.15) is 20.8 Å². The lowest BCUT2D eigenvalue weighted by Gasteiger charge is -2.13. The number of nitrogens with zero attached hydrogens (tertiary/aromatic N) is 4. The molecule has 2 aromatic carbocycles. The number of aromatic nitrogens is 4. The zero-order valence-corrected chi connectivity index (χ0v) is 19.6. The van der Waals surface area contributed by atoms with E-state index in [1.165, 1.54) is 9.25 Å². The summed E-state index contributed by atoms with van der Waals surface area (Å²) < 4.78 is 2.95. The Morgan fingerprint density at radius 3 is 2.50 bits per heavy atom. The van der Waals surface area contributed by atoms with Gasteiger partial charge in [-0.1, -0.05) is 54.1 Å². The van der Waals surface area contributed by atoms with Crippen LogP contribution in [0, 0.1) is 6.92 Å². The van der Waals surface area contributed by atoms with Gasteiger partial charge in [0.15, 0.2) is 0 Å². The number of thiophene rings is 1. The second kappa shape index (κ2) is 8.44. The summed E-state index contributed by atoms with van der Waals surface area (Å²) in [6.45, 7) is 1.95. The van der Waals surface area contributed by atoms with Crippen LogP contribution in [-0.2, 0) is 6.54 Å². The number of benzene rings is 2. The molecule has 0 saturated heterocycles. The van der Waals surface area contributed by atoms with E-state index in [0.29, 0.717) is 37.2 Å². The van der Waals surface area contributed by atoms with E-state index in [-0.39, 0.29) is 18.1 Å². The molecule has 4 N–H and O–H groups in total. The lowest BCUT2D eigenvalue weighted by molar-refractivity contribution is 0.100. The van der Waals surface area contributed by atoms with Gasteiger partial charge < -0.3 is 11.5 Å². The summed E-state index contributed by atoms with van der Waals surface area (Å²) >= 11 is 7.09. The minimum atomic E-state index is -0.598. The predicted molar refractivity (Wildman–Crippen MR) is 135 cm³/mol. The first-order valence-corrected chi connectivity index (χ1v) is 11.5. The number of aryl methyl sites for hydroxylation is 1. The SMILES string of the molecule is Cc1c(C(N)=O)sc2nc(-n3nc(-c4ccc(Cl)cc4)cc3N)n(Cc3ccccc3)c(=O)c12. The number of nitrogen functional groups attached to an aromatic ring is 1. The van der Waals surface area contributed by atoms with Crippen molar-refractivity contribution in [2.45, 2.75) is 13.5 Å². The molecule has 0 radical (unpaired) electrons. The molecule has 170 valence electrons. The molecule has 1 amide bonds. The maximum Gasteiger partial charge on any atom is 0.264 e. The molecule has 5 rings (SSSR count). The highest BCUT2D eigenvalue weighted by molar-refractivity contribution is 7.20. The van der Waals surface area contributed by atoms with Crippen molar-refractivity contribution < 1.29 is 4.79 Å². The zero-order valence-electron chi connectivity index (χ0n) is 18.0. The molecule has 34 heavy (non-hydrogen) atoms. The van der Waals surface area contributed by atoms with Gasteiger partial charge in [-0.15, -0.1) is 11.3 Å². The van der Waals surface area contributed by atoms with E-state index in [4.69, 9.17) is 28.1 Å². The van der Waals surface area contributed by atoms with Crippen molar-refractivity contribution in [2.75, 3.05) is 5.73 Å². The van der Waals surface area contributed by atoms with E-state index in [2.05, 4.69) is 5.10 Å². The highest BCUT2D eigenvalue weighted by Crippen LogP contribution is 2.29. The minimum absolute atomic E-state index is 0.245. The van der Waals surface area contributed by atoms with Crippen LogP contribution < -0.4 is 17.0 Å². The number of carbonyl (C=O) groups excluding carboxylic acids is 1. The highest BCUT2D eigenvalue weighted by atomic mass is 35.5. The summed E-state index contributed by atoms with van der Waals surface area (Å²) in [5.41, 5.74) is 14.4. The van der Waals surface area contributed by atoms with Gasteiger partial charge in [0.05, 0.1) is 22.5 Å². The summed E-state index contributed by atoms with van der Waals surface area (Å²) in [5, 5.41) is 5.61. The van der Waals surface area contributed by atoms with Crippen LogP contribution in [0.5, 0.6) is 0 Å². The maximum absolute atomic E-state index is 13.7. The van der Waals surface area contributed by atoms with Gasteiger partial charge in [0.2, 0.25) is 5.95 Å². The number of fused-ring (bicyclic) bond motifs is 1. The van der Waals surface area contributed by atoms with E-state index in [0.717, 1.165) is 22.5 Å². The molecule has 0 atom stereocenters. The zero-order chi connectivity index (χ0) is 24.0. The third-order valence-electron chi connectivity index (χ3n) is 5.50. The molecule has 3 heterocycles. The Balaban J connectivity index is 1.75. The molecule has 0 fully saturated rings. The number of amides is 1. The Kier molecular flexibility index (Phi) is 5.43. The average molecular weight is 491 g/mol. The third-order valence-corrected chi connectivity index (χ3v) is 6.96. The number of anilines is 1. The molecule has 3 aromatic heterocycles. The van der Waals surface area contributed by atoms with E-state index in [1.54, 1.807) is 25.1 Å². The monoisotopic (exact) mass is 490 g/mol. The van der Waals surface area contributed by atoms with Gasteiger partial charge >= 0.3 is 0 Å². The van der Waals surface area contributed by atoms with Gasteiger partial charge in [0, 0.05) is 16.7 Å². The normalized spacial score (nSPS) is 11.2. The number of rotatable bonds is 5. The number of halogens is 1. The summed E-state index contributed by atoms with van der Waals surface area (Å²) in [6.07, 6.45) is 0. The molecule has 8 nitrogen and oxygen atoms in total. The first kappa shape index (κ1) is 21.9. The van der Waals surface area contributed by atoms with Crippen molar-refractivity contribution in [3.8, 4) is 17.2 Å². The lowest BCUT2D eigenvalue weighted by atomic mass is 10.1. The third kappa shape index (κ3) is 3.74. The Bertz CT molecular complexity index is 1600. The Hall–Kier alpha value is -3.95. The number of primary amides is 1. The van der Waals surface area contributed by atoms with E-state index >= 15 is 0 Å². The summed E-state index contributed by atoms with van der Waals surface area (Å²) in [6, 6.07) is 18.4. The Morgan fingerprint density at radius 1 is 1.12 bits per heavy atom. The fourth-order valence-corrected chi connectivity index (χ4v) is 4.97. The number of carbonyl (C=O) groups is 1. The highest BCUT2D eigenvalue weighted by Gasteiger charge is 2.23. The second-order valence-corrected chi connectivity index (χ2v) is 9.20. The largest absolute Gasteiger partial charge is 0.383 e. The Morgan fingerprint density at radius 2 is 1.82 bits per heavy atom. The van der Waals surface area contributed by atoms with Crippen LogP contribution in [0.25, 0.3) is 27.4 Å². The van der Waals surface area contributed by atoms with E-state index in [9.17, 15) is 9.59 Å².